The molecule has 0 aliphatic rings. The lowest BCUT2D eigenvalue weighted by Gasteiger charge is -2.19. The summed E-state index contributed by atoms with van der Waals surface area (Å²) in [4.78, 5) is 9.15. The molecule has 0 aromatic carbocycles. The van der Waals surface area contributed by atoms with Gasteiger partial charge in [-0.05, 0) is 34.9 Å². The van der Waals surface area contributed by atoms with Crippen LogP contribution in [-0.4, -0.2) is 24.1 Å². The molecule has 1 unspecified atom stereocenters. The van der Waals surface area contributed by atoms with Crippen molar-refractivity contribution in [3.8, 4) is 0 Å². The van der Waals surface area contributed by atoms with Gasteiger partial charge >= 0.3 is 0 Å². The second-order valence-electron chi connectivity index (χ2n) is 4.19. The van der Waals surface area contributed by atoms with E-state index in [9.17, 15) is 0 Å². The SMILES string of the molecule is CCc1nc(C(OC)C(C)C)nc(NC)c1I. The van der Waals surface area contributed by atoms with E-state index in [0.29, 0.717) is 5.92 Å². The van der Waals surface area contributed by atoms with E-state index in [2.05, 4.69) is 58.6 Å². The number of ether oxygens (including phenoxy) is 1. The molecular weight excluding hydrogens is 329 g/mol. The second kappa shape index (κ2) is 6.49. The summed E-state index contributed by atoms with van der Waals surface area (Å²) in [5, 5.41) is 3.11. The number of anilines is 1. The molecule has 1 heterocycles. The van der Waals surface area contributed by atoms with E-state index in [0.717, 1.165) is 27.3 Å². The third-order valence-electron chi connectivity index (χ3n) is 2.62. The van der Waals surface area contributed by atoms with Crippen LogP contribution in [0.5, 0.6) is 0 Å². The summed E-state index contributed by atoms with van der Waals surface area (Å²) < 4.78 is 6.57. The molecule has 0 saturated carbocycles. The van der Waals surface area contributed by atoms with E-state index in [-0.39, 0.29) is 6.10 Å². The van der Waals surface area contributed by atoms with Crippen molar-refractivity contribution in [3.63, 3.8) is 0 Å². The van der Waals surface area contributed by atoms with Crippen molar-refractivity contribution in [2.75, 3.05) is 19.5 Å². The standard InChI is InChI=1S/C12H20IN3O/c1-6-8-9(13)11(14-4)16-12(15-8)10(17-5)7(2)3/h7,10H,6H2,1-5H3,(H,14,15,16). The monoisotopic (exact) mass is 349 g/mol. The molecule has 0 amide bonds. The summed E-state index contributed by atoms with van der Waals surface area (Å²) >= 11 is 2.28. The highest BCUT2D eigenvalue weighted by Crippen LogP contribution is 2.26. The average Bonchev–Trinajstić information content (AvgIpc) is 2.31. The van der Waals surface area contributed by atoms with Gasteiger partial charge < -0.3 is 10.1 Å². The number of aryl methyl sites for hydroxylation is 1. The topological polar surface area (TPSA) is 47.0 Å². The van der Waals surface area contributed by atoms with Gasteiger partial charge in [0.2, 0.25) is 0 Å². The first kappa shape index (κ1) is 14.6. The summed E-state index contributed by atoms with van der Waals surface area (Å²) in [6.07, 6.45) is 0.848. The third kappa shape index (κ3) is 3.28. The number of halogens is 1. The molecule has 1 rings (SSSR count). The van der Waals surface area contributed by atoms with Crippen molar-refractivity contribution >= 4 is 28.4 Å². The van der Waals surface area contributed by atoms with E-state index < -0.39 is 0 Å². The minimum Gasteiger partial charge on any atom is -0.373 e. The summed E-state index contributed by atoms with van der Waals surface area (Å²) in [7, 11) is 3.58. The molecule has 17 heavy (non-hydrogen) atoms. The minimum absolute atomic E-state index is 0.0515. The van der Waals surface area contributed by atoms with Crippen LogP contribution in [0.3, 0.4) is 0 Å². The first-order chi connectivity index (χ1) is 8.04. The lowest BCUT2D eigenvalue weighted by molar-refractivity contribution is 0.0573. The van der Waals surface area contributed by atoms with Crippen LogP contribution in [0.25, 0.3) is 0 Å². The molecular formula is C12H20IN3O. The zero-order valence-corrected chi connectivity index (χ0v) is 13.2. The lowest BCUT2D eigenvalue weighted by atomic mass is 10.1. The van der Waals surface area contributed by atoms with Gasteiger partial charge in [-0.25, -0.2) is 9.97 Å². The summed E-state index contributed by atoms with van der Waals surface area (Å²) in [6, 6.07) is 0. The van der Waals surface area contributed by atoms with E-state index in [4.69, 9.17) is 4.74 Å². The van der Waals surface area contributed by atoms with Crippen molar-refractivity contribution in [3.05, 3.63) is 15.1 Å². The molecule has 0 radical (unpaired) electrons. The Hall–Kier alpha value is -0.430. The van der Waals surface area contributed by atoms with Crippen molar-refractivity contribution in [1.29, 1.82) is 0 Å². The summed E-state index contributed by atoms with van der Waals surface area (Å²) in [5.74, 6) is 2.01. The van der Waals surface area contributed by atoms with Crippen LogP contribution in [0, 0.1) is 9.49 Å². The Kier molecular flexibility index (Phi) is 5.58. The molecule has 1 atom stereocenters. The molecule has 0 aliphatic carbocycles. The van der Waals surface area contributed by atoms with E-state index in [1.165, 1.54) is 0 Å². The minimum atomic E-state index is -0.0515. The van der Waals surface area contributed by atoms with Crippen LogP contribution in [0.2, 0.25) is 0 Å². The molecule has 1 aromatic rings. The van der Waals surface area contributed by atoms with Crippen LogP contribution in [0.1, 0.15) is 38.4 Å². The Morgan fingerprint density at radius 3 is 2.41 bits per heavy atom. The molecule has 0 spiro atoms. The van der Waals surface area contributed by atoms with Crippen LogP contribution < -0.4 is 5.32 Å². The molecule has 1 aromatic heterocycles. The zero-order chi connectivity index (χ0) is 13.0. The Morgan fingerprint density at radius 2 is 2.00 bits per heavy atom. The first-order valence-electron chi connectivity index (χ1n) is 5.81. The van der Waals surface area contributed by atoms with Gasteiger partial charge in [-0.2, -0.15) is 0 Å². The van der Waals surface area contributed by atoms with Crippen LogP contribution in [0.15, 0.2) is 0 Å². The fraction of sp³-hybridized carbons (Fsp3) is 0.667. The predicted molar refractivity (Wildman–Crippen MR) is 78.3 cm³/mol. The summed E-state index contributed by atoms with van der Waals surface area (Å²) in [5.41, 5.74) is 1.07. The highest BCUT2D eigenvalue weighted by Gasteiger charge is 2.21. The maximum absolute atomic E-state index is 5.48. The van der Waals surface area contributed by atoms with Crippen molar-refractivity contribution in [1.82, 2.24) is 9.97 Å². The Labute approximate surface area is 117 Å². The average molecular weight is 349 g/mol. The van der Waals surface area contributed by atoms with E-state index >= 15 is 0 Å². The fourth-order valence-corrected chi connectivity index (χ4v) is 2.61. The zero-order valence-electron chi connectivity index (χ0n) is 11.0. The largest absolute Gasteiger partial charge is 0.373 e. The smallest absolute Gasteiger partial charge is 0.160 e. The van der Waals surface area contributed by atoms with Crippen LogP contribution in [0.4, 0.5) is 5.82 Å². The predicted octanol–water partition coefficient (Wildman–Crippen LogP) is 3.03. The quantitative estimate of drug-likeness (QED) is 0.831. The van der Waals surface area contributed by atoms with Gasteiger partial charge in [-0.1, -0.05) is 20.8 Å². The van der Waals surface area contributed by atoms with Gasteiger partial charge in [0.05, 0.1) is 9.26 Å². The van der Waals surface area contributed by atoms with Gasteiger partial charge in [0.15, 0.2) is 5.82 Å². The lowest BCUT2D eigenvalue weighted by Crippen LogP contribution is -2.16. The fourth-order valence-electron chi connectivity index (χ4n) is 1.72. The van der Waals surface area contributed by atoms with Crippen molar-refractivity contribution in [2.45, 2.75) is 33.3 Å². The van der Waals surface area contributed by atoms with Crippen LogP contribution >= 0.6 is 22.6 Å². The molecule has 0 saturated heterocycles. The molecule has 96 valence electrons. The number of aromatic nitrogens is 2. The van der Waals surface area contributed by atoms with Crippen molar-refractivity contribution < 1.29 is 4.74 Å². The molecule has 0 aliphatic heterocycles. The van der Waals surface area contributed by atoms with Gasteiger partial charge in [-0.3, -0.25) is 0 Å². The highest BCUT2D eigenvalue weighted by atomic mass is 127. The normalized spacial score (nSPS) is 12.9. The number of methoxy groups -OCH3 is 1. The Bertz CT molecular complexity index is 357. The number of hydrogen-bond acceptors (Lipinski definition) is 4. The molecule has 5 heteroatoms. The molecule has 1 N–H and O–H groups in total. The van der Waals surface area contributed by atoms with Crippen LogP contribution in [-0.2, 0) is 11.2 Å². The maximum Gasteiger partial charge on any atom is 0.160 e. The van der Waals surface area contributed by atoms with Gasteiger partial charge in [0.25, 0.3) is 0 Å². The third-order valence-corrected chi connectivity index (χ3v) is 3.76. The highest BCUT2D eigenvalue weighted by molar-refractivity contribution is 14.1. The maximum atomic E-state index is 5.48. The molecule has 4 nitrogen and oxygen atoms in total. The molecule has 0 bridgehead atoms. The Balaban J connectivity index is 3.24. The van der Waals surface area contributed by atoms with Crippen molar-refractivity contribution in [2.24, 2.45) is 5.92 Å². The Morgan fingerprint density at radius 1 is 1.35 bits per heavy atom. The van der Waals surface area contributed by atoms with Gasteiger partial charge in [0.1, 0.15) is 11.9 Å². The van der Waals surface area contributed by atoms with E-state index in [1.54, 1.807) is 7.11 Å². The number of nitrogens with one attached hydrogen (secondary N) is 1. The number of nitrogens with zero attached hydrogens (tertiary/aromatic N) is 2. The number of rotatable bonds is 5. The van der Waals surface area contributed by atoms with E-state index in [1.807, 2.05) is 7.05 Å². The van der Waals surface area contributed by atoms with Gasteiger partial charge in [0, 0.05) is 14.2 Å². The summed E-state index contributed by atoms with van der Waals surface area (Å²) in [6.45, 7) is 6.32. The number of hydrogen-bond donors (Lipinski definition) is 1. The second-order valence-corrected chi connectivity index (χ2v) is 5.27. The molecule has 0 fully saturated rings. The van der Waals surface area contributed by atoms with Gasteiger partial charge in [-0.15, -0.1) is 0 Å². The first-order valence-corrected chi connectivity index (χ1v) is 6.89.